The van der Waals surface area contributed by atoms with E-state index in [0.717, 1.165) is 0 Å². The zero-order valence-electron chi connectivity index (χ0n) is 19.1. The average molecular weight is 444 g/mol. The predicted molar refractivity (Wildman–Crippen MR) is 148 cm³/mol. The maximum Gasteiger partial charge on any atom is 0.0541 e. The fraction of sp³-hybridized carbons (Fsp3) is 0. The lowest BCUT2D eigenvalue weighted by atomic mass is 9.93. The largest absolute Gasteiger partial charge is 0.309 e. The monoisotopic (exact) mass is 443 g/mol. The predicted octanol–water partition coefficient (Wildman–Crippen LogP) is 9.25. The lowest BCUT2D eigenvalue weighted by molar-refractivity contribution is 1.18. The highest BCUT2D eigenvalue weighted by Crippen LogP contribution is 2.49. The second kappa shape index (κ2) is 6.94. The van der Waals surface area contributed by atoms with E-state index in [0.29, 0.717) is 0 Å². The van der Waals surface area contributed by atoms with Gasteiger partial charge in [-0.3, -0.25) is 0 Å². The van der Waals surface area contributed by atoms with Crippen LogP contribution >= 0.6 is 0 Å². The third-order valence-corrected chi connectivity index (χ3v) is 7.56. The van der Waals surface area contributed by atoms with Crippen LogP contribution in [-0.4, -0.2) is 4.57 Å². The number of hydrogen-bond acceptors (Lipinski definition) is 0. The number of hydrogen-bond donors (Lipinski definition) is 0. The molecular weight excluding hydrogens is 422 g/mol. The van der Waals surface area contributed by atoms with Gasteiger partial charge >= 0.3 is 0 Å². The average Bonchev–Trinajstić information content (AvgIpc) is 3.44. The molecule has 0 unspecified atom stereocenters. The van der Waals surface area contributed by atoms with E-state index in [2.05, 4.69) is 132 Å². The van der Waals surface area contributed by atoms with E-state index in [1.807, 2.05) is 0 Å². The number of benzene rings is 6. The minimum absolute atomic E-state index is 1.21. The third-order valence-electron chi connectivity index (χ3n) is 7.56. The van der Waals surface area contributed by atoms with Gasteiger partial charge in [0.15, 0.2) is 0 Å². The Morgan fingerprint density at radius 3 is 1.51 bits per heavy atom. The zero-order chi connectivity index (χ0) is 22.9. The van der Waals surface area contributed by atoms with E-state index < -0.39 is 0 Å². The second-order valence-corrected chi connectivity index (χ2v) is 9.32. The molecule has 1 nitrogen and oxygen atoms in total. The Hall–Kier alpha value is -4.62. The summed E-state index contributed by atoms with van der Waals surface area (Å²) in [5.41, 5.74) is 11.5. The highest BCUT2D eigenvalue weighted by atomic mass is 15.0. The van der Waals surface area contributed by atoms with Crippen LogP contribution in [0.5, 0.6) is 0 Å². The molecule has 1 heterocycles. The Morgan fingerprint density at radius 1 is 0.314 bits per heavy atom. The molecule has 0 N–H and O–H groups in total. The van der Waals surface area contributed by atoms with Gasteiger partial charge in [-0.2, -0.15) is 0 Å². The van der Waals surface area contributed by atoms with Gasteiger partial charge in [0.25, 0.3) is 0 Å². The van der Waals surface area contributed by atoms with Crippen LogP contribution < -0.4 is 0 Å². The van der Waals surface area contributed by atoms with Crippen molar-refractivity contribution in [2.45, 2.75) is 0 Å². The normalized spacial score (nSPS) is 12.0. The van der Waals surface area contributed by atoms with E-state index >= 15 is 0 Å². The van der Waals surface area contributed by atoms with E-state index in [1.54, 1.807) is 0 Å². The highest BCUT2D eigenvalue weighted by molar-refractivity contribution is 6.19. The van der Waals surface area contributed by atoms with Crippen LogP contribution in [0, 0.1) is 0 Å². The molecule has 1 heteroatoms. The summed E-state index contributed by atoms with van der Waals surface area (Å²) in [4.78, 5) is 0. The first-order valence-electron chi connectivity index (χ1n) is 12.1. The molecule has 1 aromatic heterocycles. The number of nitrogens with zero attached hydrogens (tertiary/aromatic N) is 1. The molecule has 0 saturated carbocycles. The Balaban J connectivity index is 1.47. The van der Waals surface area contributed by atoms with Crippen LogP contribution in [0.25, 0.3) is 71.6 Å². The van der Waals surface area contributed by atoms with Gasteiger partial charge in [-0.15, -0.1) is 0 Å². The molecule has 8 rings (SSSR count). The van der Waals surface area contributed by atoms with Gasteiger partial charge in [0.05, 0.1) is 16.7 Å². The highest BCUT2D eigenvalue weighted by Gasteiger charge is 2.23. The van der Waals surface area contributed by atoms with Crippen LogP contribution in [0.3, 0.4) is 0 Å². The SMILES string of the molecule is c1ccc2c(c1)-c1cccc3c(-c4ccccc4-n4c5ccccc5c5ccccc54)ccc-2c13. The van der Waals surface area contributed by atoms with Crippen molar-refractivity contribution in [2.75, 3.05) is 0 Å². The van der Waals surface area contributed by atoms with Crippen molar-refractivity contribution in [3.63, 3.8) is 0 Å². The molecule has 0 fully saturated rings. The van der Waals surface area contributed by atoms with Gasteiger partial charge in [0.2, 0.25) is 0 Å². The molecule has 0 spiro atoms. The Kier molecular flexibility index (Phi) is 3.72. The van der Waals surface area contributed by atoms with Crippen molar-refractivity contribution in [2.24, 2.45) is 0 Å². The summed E-state index contributed by atoms with van der Waals surface area (Å²) in [6.45, 7) is 0. The molecule has 35 heavy (non-hydrogen) atoms. The van der Waals surface area contributed by atoms with Crippen molar-refractivity contribution in [3.05, 3.63) is 127 Å². The van der Waals surface area contributed by atoms with Gasteiger partial charge < -0.3 is 4.57 Å². The Bertz CT molecular complexity index is 1870. The summed E-state index contributed by atoms with van der Waals surface area (Å²) in [6, 6.07) is 46.4. The van der Waals surface area contributed by atoms with Gasteiger partial charge in [-0.05, 0) is 56.8 Å². The number of rotatable bonds is 2. The van der Waals surface area contributed by atoms with E-state index in [1.165, 1.54) is 71.6 Å². The Labute approximate surface area is 203 Å². The molecule has 0 bridgehead atoms. The molecule has 0 atom stereocenters. The second-order valence-electron chi connectivity index (χ2n) is 9.32. The molecule has 162 valence electrons. The maximum absolute atomic E-state index is 2.43. The smallest absolute Gasteiger partial charge is 0.0541 e. The van der Waals surface area contributed by atoms with Gasteiger partial charge in [-0.25, -0.2) is 0 Å². The standard InChI is InChI=1S/C34H21N/c1-2-11-23-22(10-1)28-15-9-16-29-24(20-21-30(23)34(28)29)25-12-3-6-17-31(25)35-32-18-7-4-13-26(32)27-14-5-8-19-33(27)35/h1-21H. The summed E-state index contributed by atoms with van der Waals surface area (Å²) in [6.07, 6.45) is 0. The quantitative estimate of drug-likeness (QED) is 0.251. The molecule has 0 amide bonds. The molecular formula is C34H21N. The van der Waals surface area contributed by atoms with E-state index in [4.69, 9.17) is 0 Å². The zero-order valence-corrected chi connectivity index (χ0v) is 19.1. The summed E-state index contributed by atoms with van der Waals surface area (Å²) in [5, 5.41) is 5.25. The van der Waals surface area contributed by atoms with Crippen molar-refractivity contribution in [3.8, 4) is 39.1 Å². The summed E-state index contributed by atoms with van der Waals surface area (Å²) in [5.74, 6) is 0. The minimum atomic E-state index is 1.21. The van der Waals surface area contributed by atoms with E-state index in [-0.39, 0.29) is 0 Å². The van der Waals surface area contributed by atoms with Crippen LogP contribution in [0.4, 0.5) is 0 Å². The van der Waals surface area contributed by atoms with Gasteiger partial charge in [0.1, 0.15) is 0 Å². The van der Waals surface area contributed by atoms with E-state index in [9.17, 15) is 0 Å². The van der Waals surface area contributed by atoms with Crippen LogP contribution in [-0.2, 0) is 0 Å². The fourth-order valence-electron chi connectivity index (χ4n) is 6.12. The van der Waals surface area contributed by atoms with Gasteiger partial charge in [0, 0.05) is 16.3 Å². The molecule has 0 saturated heterocycles. The molecule has 0 radical (unpaired) electrons. The fourth-order valence-corrected chi connectivity index (χ4v) is 6.12. The molecule has 1 aliphatic rings. The van der Waals surface area contributed by atoms with Crippen molar-refractivity contribution >= 4 is 32.6 Å². The minimum Gasteiger partial charge on any atom is -0.309 e. The van der Waals surface area contributed by atoms with Gasteiger partial charge in [-0.1, -0.05) is 109 Å². The lowest BCUT2D eigenvalue weighted by Gasteiger charge is -2.16. The van der Waals surface area contributed by atoms with Crippen molar-refractivity contribution < 1.29 is 0 Å². The maximum atomic E-state index is 2.43. The number of para-hydroxylation sites is 3. The molecule has 6 aromatic carbocycles. The first-order valence-corrected chi connectivity index (χ1v) is 12.1. The summed E-state index contributed by atoms with van der Waals surface area (Å²) < 4.78 is 2.43. The van der Waals surface area contributed by atoms with Crippen LogP contribution in [0.15, 0.2) is 127 Å². The third kappa shape index (κ3) is 2.47. The lowest BCUT2D eigenvalue weighted by Crippen LogP contribution is -1.97. The topological polar surface area (TPSA) is 4.93 Å². The molecule has 1 aliphatic carbocycles. The van der Waals surface area contributed by atoms with Crippen LogP contribution in [0.1, 0.15) is 0 Å². The summed E-state index contributed by atoms with van der Waals surface area (Å²) >= 11 is 0. The summed E-state index contributed by atoms with van der Waals surface area (Å²) in [7, 11) is 0. The molecule has 0 aliphatic heterocycles. The first kappa shape index (κ1) is 18.8. The first-order chi connectivity index (χ1) is 17.4. The Morgan fingerprint density at radius 2 is 0.800 bits per heavy atom. The molecule has 7 aromatic rings. The number of fused-ring (bicyclic) bond motifs is 6. The van der Waals surface area contributed by atoms with Crippen molar-refractivity contribution in [1.82, 2.24) is 4.57 Å². The number of aromatic nitrogens is 1. The van der Waals surface area contributed by atoms with Crippen LogP contribution in [0.2, 0.25) is 0 Å². The van der Waals surface area contributed by atoms with Crippen molar-refractivity contribution in [1.29, 1.82) is 0 Å².